The van der Waals surface area contributed by atoms with Crippen molar-refractivity contribution in [3.8, 4) is 11.5 Å². The highest BCUT2D eigenvalue weighted by Gasteiger charge is 2.68. The van der Waals surface area contributed by atoms with E-state index in [0.29, 0.717) is 28.2 Å². The molecule has 36 heavy (non-hydrogen) atoms. The molecule has 0 fully saturated rings. The molecule has 6 rings (SSSR count). The molecule has 1 amide bonds. The maximum Gasteiger partial charge on any atom is 0.408 e. The van der Waals surface area contributed by atoms with Crippen molar-refractivity contribution in [2.24, 2.45) is 0 Å². The molecule has 0 saturated carbocycles. The molecular weight excluding hydrogens is 590 g/mol. The Bertz CT molecular complexity index is 1600. The fraction of sp³-hybridized carbons (Fsp3) is 0.250. The van der Waals surface area contributed by atoms with Crippen LogP contribution < -0.4 is 14.8 Å². The number of amides is 1. The summed E-state index contributed by atoms with van der Waals surface area (Å²) < 4.78 is 19.3. The molecule has 6 nitrogen and oxygen atoms in total. The van der Waals surface area contributed by atoms with Crippen LogP contribution in [-0.4, -0.2) is 23.9 Å². The third kappa shape index (κ3) is 3.01. The monoisotopic (exact) mass is 611 g/mol. The average molecular weight is 613 g/mol. The van der Waals surface area contributed by atoms with E-state index in [9.17, 15) is 9.90 Å². The van der Waals surface area contributed by atoms with Crippen molar-refractivity contribution in [3.63, 3.8) is 0 Å². The molecule has 1 aliphatic heterocycles. The topological polar surface area (TPSA) is 77.0 Å². The predicted molar refractivity (Wildman–Crippen MR) is 145 cm³/mol. The fourth-order valence-corrected chi connectivity index (χ4v) is 6.89. The number of methoxy groups -OCH3 is 1. The molecule has 2 aliphatic rings. The average Bonchev–Trinajstić information content (AvgIpc) is 3.17. The van der Waals surface area contributed by atoms with E-state index in [2.05, 4.69) is 37.2 Å². The van der Waals surface area contributed by atoms with Gasteiger partial charge in [0.05, 0.1) is 7.11 Å². The van der Waals surface area contributed by atoms with Crippen LogP contribution in [0.4, 0.5) is 4.79 Å². The summed E-state index contributed by atoms with van der Waals surface area (Å²) in [5.74, 6) is -0.803. The van der Waals surface area contributed by atoms with E-state index >= 15 is 0 Å². The van der Waals surface area contributed by atoms with Crippen LogP contribution in [0.15, 0.2) is 63.5 Å². The lowest BCUT2D eigenvalue weighted by Gasteiger charge is -2.38. The molecule has 2 atom stereocenters. The molecule has 4 aromatic carbocycles. The number of carbonyl (C=O) groups is 1. The van der Waals surface area contributed by atoms with Gasteiger partial charge in [0.1, 0.15) is 17.1 Å². The Kier molecular flexibility index (Phi) is 4.98. The minimum absolute atomic E-state index is 0.471. The van der Waals surface area contributed by atoms with E-state index in [1.165, 1.54) is 0 Å². The van der Waals surface area contributed by atoms with Gasteiger partial charge in [0.2, 0.25) is 0 Å². The minimum atomic E-state index is -1.92. The van der Waals surface area contributed by atoms with Gasteiger partial charge in [0.25, 0.3) is 5.79 Å². The Morgan fingerprint density at radius 2 is 1.64 bits per heavy atom. The maximum absolute atomic E-state index is 13.4. The lowest BCUT2D eigenvalue weighted by Crippen LogP contribution is -2.58. The predicted octanol–water partition coefficient (Wildman–Crippen LogP) is 6.85. The number of halogens is 2. The van der Waals surface area contributed by atoms with Gasteiger partial charge in [-0.05, 0) is 72.8 Å². The lowest BCUT2D eigenvalue weighted by atomic mass is 9.78. The zero-order chi connectivity index (χ0) is 25.6. The first-order valence-electron chi connectivity index (χ1n) is 11.5. The van der Waals surface area contributed by atoms with E-state index in [-0.39, 0.29) is 0 Å². The molecule has 4 aromatic rings. The normalized spacial score (nSPS) is 21.8. The van der Waals surface area contributed by atoms with Gasteiger partial charge in [0, 0.05) is 25.5 Å². The van der Waals surface area contributed by atoms with Gasteiger partial charge in [-0.25, -0.2) is 4.79 Å². The highest BCUT2D eigenvalue weighted by molar-refractivity contribution is 9.11. The van der Waals surface area contributed by atoms with E-state index in [4.69, 9.17) is 14.2 Å². The van der Waals surface area contributed by atoms with Crippen LogP contribution in [0.1, 0.15) is 37.5 Å². The largest absolute Gasteiger partial charge is 0.497 e. The van der Waals surface area contributed by atoms with Crippen LogP contribution in [0.2, 0.25) is 0 Å². The summed E-state index contributed by atoms with van der Waals surface area (Å²) in [6.07, 6.45) is -0.666. The molecule has 0 spiro atoms. The first kappa shape index (κ1) is 23.6. The third-order valence-corrected chi connectivity index (χ3v) is 8.17. The fourth-order valence-electron chi connectivity index (χ4n) is 5.54. The Morgan fingerprint density at radius 1 is 0.972 bits per heavy atom. The molecule has 1 heterocycles. The Hall–Kier alpha value is -2.81. The molecule has 0 saturated heterocycles. The zero-order valence-corrected chi connectivity index (χ0v) is 23.2. The van der Waals surface area contributed by atoms with Gasteiger partial charge in [-0.1, -0.05) is 56.1 Å². The van der Waals surface area contributed by atoms with Crippen LogP contribution in [0.25, 0.3) is 21.5 Å². The highest BCUT2D eigenvalue weighted by atomic mass is 79.9. The third-order valence-electron chi connectivity index (χ3n) is 6.85. The van der Waals surface area contributed by atoms with Crippen LogP contribution >= 0.6 is 31.9 Å². The maximum atomic E-state index is 13.4. The molecule has 0 unspecified atom stereocenters. The molecule has 0 radical (unpaired) electrons. The number of nitrogens with one attached hydrogen (secondary N) is 1. The zero-order valence-electron chi connectivity index (χ0n) is 20.0. The number of hydrogen-bond acceptors (Lipinski definition) is 5. The summed E-state index contributed by atoms with van der Waals surface area (Å²) in [6.45, 7) is 5.40. The smallest absolute Gasteiger partial charge is 0.408 e. The molecule has 0 aromatic heterocycles. The van der Waals surface area contributed by atoms with Crippen LogP contribution in [0.5, 0.6) is 11.5 Å². The standard InChI is InChI=1S/C28H23Br2NO5/c1-26(2,3)36-25(32)31-27-17-8-10-19(29)23-20(30)11-9-18(22(17)23)28(27,33)35-21-12-6-14-5-7-15(34-4)13-16(14)24(21)27/h5-13,33H,1-4H3,(H,31,32)/t27-,28+/m1/s1. The second-order valence-electron chi connectivity index (χ2n) is 10.1. The van der Waals surface area contributed by atoms with Crippen molar-refractivity contribution in [2.45, 2.75) is 37.7 Å². The molecular formula is C28H23Br2NO5. The van der Waals surface area contributed by atoms with Gasteiger partial charge < -0.3 is 24.6 Å². The second-order valence-corrected chi connectivity index (χ2v) is 11.8. The summed E-state index contributed by atoms with van der Waals surface area (Å²) in [5, 5.41) is 19.0. The Morgan fingerprint density at radius 3 is 2.31 bits per heavy atom. The first-order valence-corrected chi connectivity index (χ1v) is 13.0. The quantitative estimate of drug-likeness (QED) is 0.259. The van der Waals surface area contributed by atoms with E-state index in [1.807, 2.05) is 54.6 Å². The van der Waals surface area contributed by atoms with Crippen molar-refractivity contribution in [3.05, 3.63) is 80.2 Å². The number of rotatable bonds is 2. The number of ether oxygens (including phenoxy) is 3. The molecule has 8 heteroatoms. The van der Waals surface area contributed by atoms with Crippen LogP contribution in [0, 0.1) is 0 Å². The van der Waals surface area contributed by atoms with Crippen molar-refractivity contribution >= 4 is 59.5 Å². The van der Waals surface area contributed by atoms with Gasteiger partial charge in [-0.3, -0.25) is 0 Å². The first-order chi connectivity index (χ1) is 17.0. The number of hydrogen-bond donors (Lipinski definition) is 2. The molecule has 1 aliphatic carbocycles. The molecule has 184 valence electrons. The second kappa shape index (κ2) is 7.60. The Balaban J connectivity index is 1.75. The summed E-state index contributed by atoms with van der Waals surface area (Å²) in [4.78, 5) is 13.4. The highest BCUT2D eigenvalue weighted by Crippen LogP contribution is 2.64. The number of fused-ring (bicyclic) bond motifs is 7. The number of benzene rings is 4. The summed E-state index contributed by atoms with van der Waals surface area (Å²) in [5.41, 5.74) is -0.325. The summed E-state index contributed by atoms with van der Waals surface area (Å²) in [7, 11) is 1.60. The van der Waals surface area contributed by atoms with Crippen molar-refractivity contribution in [1.29, 1.82) is 0 Å². The van der Waals surface area contributed by atoms with Crippen molar-refractivity contribution < 1.29 is 24.1 Å². The van der Waals surface area contributed by atoms with Crippen LogP contribution in [-0.2, 0) is 16.1 Å². The number of alkyl carbamates (subject to hydrolysis) is 1. The summed E-state index contributed by atoms with van der Waals surface area (Å²) in [6, 6.07) is 17.0. The summed E-state index contributed by atoms with van der Waals surface area (Å²) >= 11 is 7.32. The minimum Gasteiger partial charge on any atom is -0.497 e. The van der Waals surface area contributed by atoms with Gasteiger partial charge in [0.15, 0.2) is 5.54 Å². The van der Waals surface area contributed by atoms with Gasteiger partial charge >= 0.3 is 6.09 Å². The van der Waals surface area contributed by atoms with Gasteiger partial charge in [-0.2, -0.15) is 0 Å². The van der Waals surface area contributed by atoms with Crippen molar-refractivity contribution in [2.75, 3.05) is 7.11 Å². The van der Waals surface area contributed by atoms with Crippen LogP contribution in [0.3, 0.4) is 0 Å². The number of carbonyl (C=O) groups excluding carboxylic acids is 1. The number of aliphatic hydroxyl groups is 1. The van der Waals surface area contributed by atoms with Gasteiger partial charge in [-0.15, -0.1) is 0 Å². The lowest BCUT2D eigenvalue weighted by molar-refractivity contribution is -0.173. The molecule has 2 N–H and O–H groups in total. The van der Waals surface area contributed by atoms with E-state index < -0.39 is 23.0 Å². The van der Waals surface area contributed by atoms with E-state index in [0.717, 1.165) is 30.5 Å². The molecule has 0 bridgehead atoms. The Labute approximate surface area is 224 Å². The SMILES string of the molecule is COc1ccc2ccc3c(c2c1)[C@]1(NC(=O)OC(C)(C)C)c2ccc(Br)c4c(Br)ccc(c24)[C@]1(O)O3. The van der Waals surface area contributed by atoms with E-state index in [1.54, 1.807) is 27.9 Å². The van der Waals surface area contributed by atoms with Crippen molar-refractivity contribution in [1.82, 2.24) is 5.32 Å².